The number of hydrogen-bond donors (Lipinski definition) is 2. The van der Waals surface area contributed by atoms with Crippen molar-refractivity contribution in [3.05, 3.63) is 0 Å². The standard InChI is InChI=1S/C12H20N2O3S/c15-11(16)9-3-1-5-14(8-9)12(17)13-7-10-4-2-6-18-10/h9-10H,1-8H2,(H,13,17)(H,15,16)/t9-,10?/m0/s1. The van der Waals surface area contributed by atoms with Crippen LogP contribution < -0.4 is 5.32 Å². The number of aliphatic carboxylic acids is 1. The number of amides is 2. The third kappa shape index (κ3) is 3.54. The zero-order valence-electron chi connectivity index (χ0n) is 10.4. The summed E-state index contributed by atoms with van der Waals surface area (Å²) in [5.74, 6) is -0.00470. The minimum atomic E-state index is -0.793. The maximum atomic E-state index is 11.9. The summed E-state index contributed by atoms with van der Waals surface area (Å²) in [4.78, 5) is 24.5. The molecule has 2 saturated heterocycles. The normalized spacial score (nSPS) is 28.1. The van der Waals surface area contributed by atoms with E-state index in [2.05, 4.69) is 5.32 Å². The lowest BCUT2D eigenvalue weighted by Crippen LogP contribution is -2.48. The average Bonchev–Trinajstić information content (AvgIpc) is 2.89. The fraction of sp³-hybridized carbons (Fsp3) is 0.833. The number of carboxylic acid groups (broad SMARTS) is 1. The molecule has 0 saturated carbocycles. The number of thioether (sulfide) groups is 1. The largest absolute Gasteiger partial charge is 0.481 e. The lowest BCUT2D eigenvalue weighted by Gasteiger charge is -2.31. The van der Waals surface area contributed by atoms with Gasteiger partial charge >= 0.3 is 12.0 Å². The molecule has 2 atom stereocenters. The molecule has 0 aromatic rings. The highest BCUT2D eigenvalue weighted by atomic mass is 32.2. The summed E-state index contributed by atoms with van der Waals surface area (Å²) >= 11 is 1.91. The van der Waals surface area contributed by atoms with Crippen LogP contribution in [0, 0.1) is 5.92 Å². The Balaban J connectivity index is 1.75. The molecule has 18 heavy (non-hydrogen) atoms. The molecule has 2 heterocycles. The first kappa shape index (κ1) is 13.5. The number of carbonyl (C=O) groups is 2. The number of piperidine rings is 1. The summed E-state index contributed by atoms with van der Waals surface area (Å²) in [6.45, 7) is 1.73. The van der Waals surface area contributed by atoms with Gasteiger partial charge in [-0.2, -0.15) is 11.8 Å². The molecule has 0 bridgehead atoms. The first-order chi connectivity index (χ1) is 8.66. The fourth-order valence-electron chi connectivity index (χ4n) is 2.48. The van der Waals surface area contributed by atoms with Gasteiger partial charge < -0.3 is 15.3 Å². The van der Waals surface area contributed by atoms with Crippen molar-refractivity contribution in [2.75, 3.05) is 25.4 Å². The van der Waals surface area contributed by atoms with Crippen LogP contribution in [0.1, 0.15) is 25.7 Å². The summed E-state index contributed by atoms with van der Waals surface area (Å²) < 4.78 is 0. The van der Waals surface area contributed by atoms with Crippen LogP contribution >= 0.6 is 11.8 Å². The van der Waals surface area contributed by atoms with E-state index in [1.807, 2.05) is 11.8 Å². The summed E-state index contributed by atoms with van der Waals surface area (Å²) in [5, 5.41) is 12.4. The topological polar surface area (TPSA) is 69.6 Å². The number of nitrogens with zero attached hydrogens (tertiary/aromatic N) is 1. The van der Waals surface area contributed by atoms with E-state index in [0.717, 1.165) is 6.42 Å². The molecule has 2 fully saturated rings. The molecule has 0 aromatic heterocycles. The van der Waals surface area contributed by atoms with Crippen molar-refractivity contribution >= 4 is 23.8 Å². The predicted molar refractivity (Wildman–Crippen MR) is 70.8 cm³/mol. The predicted octanol–water partition coefficient (Wildman–Crippen LogP) is 1.39. The monoisotopic (exact) mass is 272 g/mol. The van der Waals surface area contributed by atoms with Gasteiger partial charge in [-0.25, -0.2) is 4.79 Å². The number of rotatable bonds is 3. The van der Waals surface area contributed by atoms with Crippen molar-refractivity contribution in [1.82, 2.24) is 10.2 Å². The van der Waals surface area contributed by atoms with Crippen molar-refractivity contribution in [2.45, 2.75) is 30.9 Å². The molecule has 0 radical (unpaired) electrons. The van der Waals surface area contributed by atoms with E-state index in [-0.39, 0.29) is 6.03 Å². The van der Waals surface area contributed by atoms with Crippen LogP contribution in [0.2, 0.25) is 0 Å². The van der Waals surface area contributed by atoms with Crippen molar-refractivity contribution in [1.29, 1.82) is 0 Å². The van der Waals surface area contributed by atoms with Crippen molar-refractivity contribution in [3.8, 4) is 0 Å². The zero-order valence-corrected chi connectivity index (χ0v) is 11.2. The number of carboxylic acids is 1. The van der Waals surface area contributed by atoms with E-state index >= 15 is 0 Å². The Bertz CT molecular complexity index is 318. The van der Waals surface area contributed by atoms with E-state index in [0.29, 0.717) is 31.3 Å². The number of carbonyl (C=O) groups excluding carboxylic acids is 1. The molecule has 0 spiro atoms. The van der Waals surface area contributed by atoms with Crippen LogP contribution in [0.5, 0.6) is 0 Å². The minimum absolute atomic E-state index is 0.103. The van der Waals surface area contributed by atoms with E-state index < -0.39 is 11.9 Å². The molecule has 5 nitrogen and oxygen atoms in total. The molecule has 6 heteroatoms. The molecule has 0 aromatic carbocycles. The Morgan fingerprint density at radius 1 is 1.33 bits per heavy atom. The average molecular weight is 272 g/mol. The molecular formula is C12H20N2O3S. The third-order valence-corrected chi connectivity index (χ3v) is 4.96. The van der Waals surface area contributed by atoms with Gasteiger partial charge in [0.2, 0.25) is 0 Å². The summed E-state index contributed by atoms with van der Waals surface area (Å²) in [6.07, 6.45) is 3.86. The van der Waals surface area contributed by atoms with Crippen LogP contribution in [0.3, 0.4) is 0 Å². The van der Waals surface area contributed by atoms with Gasteiger partial charge in [-0.15, -0.1) is 0 Å². The lowest BCUT2D eigenvalue weighted by molar-refractivity contribution is -0.143. The highest BCUT2D eigenvalue weighted by Crippen LogP contribution is 2.25. The van der Waals surface area contributed by atoms with Crippen LogP contribution in [0.15, 0.2) is 0 Å². The second-order valence-electron chi connectivity index (χ2n) is 4.94. The van der Waals surface area contributed by atoms with Gasteiger partial charge in [0.15, 0.2) is 0 Å². The van der Waals surface area contributed by atoms with Crippen LogP contribution in [-0.2, 0) is 4.79 Å². The number of urea groups is 1. The van der Waals surface area contributed by atoms with E-state index in [1.54, 1.807) is 4.90 Å². The maximum absolute atomic E-state index is 11.9. The van der Waals surface area contributed by atoms with Gasteiger partial charge in [-0.1, -0.05) is 0 Å². The Labute approximate surface area is 111 Å². The van der Waals surface area contributed by atoms with Gasteiger partial charge in [-0.3, -0.25) is 4.79 Å². The Morgan fingerprint density at radius 2 is 2.17 bits per heavy atom. The number of hydrogen-bond acceptors (Lipinski definition) is 3. The summed E-state index contributed by atoms with van der Waals surface area (Å²) in [6, 6.07) is -0.103. The van der Waals surface area contributed by atoms with Crippen molar-refractivity contribution in [2.24, 2.45) is 5.92 Å². The highest BCUT2D eigenvalue weighted by Gasteiger charge is 2.28. The summed E-state index contributed by atoms with van der Waals surface area (Å²) in [7, 11) is 0. The number of likely N-dealkylation sites (tertiary alicyclic amines) is 1. The molecular weight excluding hydrogens is 252 g/mol. The van der Waals surface area contributed by atoms with Gasteiger partial charge in [-0.05, 0) is 31.4 Å². The second-order valence-corrected chi connectivity index (χ2v) is 6.35. The Morgan fingerprint density at radius 3 is 2.83 bits per heavy atom. The van der Waals surface area contributed by atoms with E-state index in [1.165, 1.54) is 18.6 Å². The minimum Gasteiger partial charge on any atom is -0.481 e. The highest BCUT2D eigenvalue weighted by molar-refractivity contribution is 8.00. The van der Waals surface area contributed by atoms with Gasteiger partial charge in [0.1, 0.15) is 0 Å². The van der Waals surface area contributed by atoms with Gasteiger partial charge in [0.25, 0.3) is 0 Å². The SMILES string of the molecule is O=C(O)[C@H]1CCCN(C(=O)NCC2CCCS2)C1. The molecule has 0 aliphatic carbocycles. The first-order valence-corrected chi connectivity index (χ1v) is 7.59. The summed E-state index contributed by atoms with van der Waals surface area (Å²) in [5.41, 5.74) is 0. The van der Waals surface area contributed by atoms with Crippen molar-refractivity contribution < 1.29 is 14.7 Å². The third-order valence-electron chi connectivity index (χ3n) is 3.56. The molecule has 102 valence electrons. The zero-order chi connectivity index (χ0) is 13.0. The van der Waals surface area contributed by atoms with E-state index in [4.69, 9.17) is 5.11 Å². The number of nitrogens with one attached hydrogen (secondary N) is 1. The Hall–Kier alpha value is -0.910. The molecule has 2 N–H and O–H groups in total. The van der Waals surface area contributed by atoms with Crippen LogP contribution in [-0.4, -0.2) is 52.6 Å². The first-order valence-electron chi connectivity index (χ1n) is 6.54. The molecule has 2 aliphatic heterocycles. The van der Waals surface area contributed by atoms with Gasteiger partial charge in [0.05, 0.1) is 5.92 Å². The molecule has 2 rings (SSSR count). The van der Waals surface area contributed by atoms with Crippen LogP contribution in [0.4, 0.5) is 4.79 Å². The molecule has 1 unspecified atom stereocenters. The van der Waals surface area contributed by atoms with Crippen LogP contribution in [0.25, 0.3) is 0 Å². The quantitative estimate of drug-likeness (QED) is 0.814. The Kier molecular flexibility index (Phi) is 4.74. The fourth-order valence-corrected chi connectivity index (χ4v) is 3.68. The van der Waals surface area contributed by atoms with E-state index in [9.17, 15) is 9.59 Å². The molecule has 2 aliphatic rings. The second kappa shape index (κ2) is 6.31. The lowest BCUT2D eigenvalue weighted by atomic mass is 9.99. The maximum Gasteiger partial charge on any atom is 0.317 e. The molecule has 2 amide bonds. The van der Waals surface area contributed by atoms with Crippen molar-refractivity contribution in [3.63, 3.8) is 0 Å². The van der Waals surface area contributed by atoms with Gasteiger partial charge in [0, 0.05) is 24.9 Å². The smallest absolute Gasteiger partial charge is 0.317 e.